The van der Waals surface area contributed by atoms with Crippen LogP contribution in [0.5, 0.6) is 0 Å². The lowest BCUT2D eigenvalue weighted by Gasteiger charge is -2.33. The molecule has 1 fully saturated rings. The molecule has 1 aliphatic rings. The van der Waals surface area contributed by atoms with Crippen molar-refractivity contribution in [1.29, 1.82) is 0 Å². The number of nitrogens with zero attached hydrogens (tertiary/aromatic N) is 3. The normalized spacial score (nSPS) is 15.2. The third-order valence-electron chi connectivity index (χ3n) is 5.68. The smallest absolute Gasteiger partial charge is 0.248 e. The minimum Gasteiger partial charge on any atom is -0.369 e. The van der Waals surface area contributed by atoms with E-state index < -0.39 is 0 Å². The van der Waals surface area contributed by atoms with Gasteiger partial charge in [0, 0.05) is 43.2 Å². The molecule has 0 spiro atoms. The Morgan fingerprint density at radius 2 is 2.00 bits per heavy atom. The van der Waals surface area contributed by atoms with Gasteiger partial charge in [0.25, 0.3) is 0 Å². The van der Waals surface area contributed by atoms with Gasteiger partial charge in [-0.1, -0.05) is 19.3 Å². The van der Waals surface area contributed by atoms with Crippen LogP contribution in [0.2, 0.25) is 0 Å². The Morgan fingerprint density at radius 1 is 1.29 bits per heavy atom. The molecule has 0 radical (unpaired) electrons. The standard InChI is InChI=1S/C22H29FN4O/c1-15-19(16(2)27(4)25-15)11-13-22(28)24-17-10-12-21(20(23)14-17)26(3)18-8-6-5-7-9-18/h10-14,18H,5-9H2,1-4H3,(H,24,28). The van der Waals surface area contributed by atoms with Crippen LogP contribution in [0.25, 0.3) is 6.08 Å². The zero-order valence-corrected chi connectivity index (χ0v) is 17.1. The number of aromatic nitrogens is 2. The summed E-state index contributed by atoms with van der Waals surface area (Å²) in [5.74, 6) is -0.607. The summed E-state index contributed by atoms with van der Waals surface area (Å²) >= 11 is 0. The molecule has 0 bridgehead atoms. The second-order valence-electron chi connectivity index (χ2n) is 7.60. The first-order chi connectivity index (χ1) is 13.4. The molecule has 28 heavy (non-hydrogen) atoms. The van der Waals surface area contributed by atoms with Crippen molar-refractivity contribution in [2.75, 3.05) is 17.3 Å². The molecule has 0 saturated heterocycles. The zero-order valence-electron chi connectivity index (χ0n) is 17.1. The maximum atomic E-state index is 14.6. The van der Waals surface area contributed by atoms with Crippen LogP contribution in [0.15, 0.2) is 24.3 Å². The molecule has 1 aliphatic carbocycles. The summed E-state index contributed by atoms with van der Waals surface area (Å²) in [6.45, 7) is 3.86. The Balaban J connectivity index is 1.66. The number of hydrogen-bond donors (Lipinski definition) is 1. The molecule has 0 unspecified atom stereocenters. The average Bonchev–Trinajstić information content (AvgIpc) is 2.92. The van der Waals surface area contributed by atoms with Gasteiger partial charge in [-0.3, -0.25) is 9.48 Å². The van der Waals surface area contributed by atoms with Gasteiger partial charge in [-0.25, -0.2) is 4.39 Å². The van der Waals surface area contributed by atoms with Crippen LogP contribution in [0.1, 0.15) is 49.1 Å². The van der Waals surface area contributed by atoms with Gasteiger partial charge >= 0.3 is 0 Å². The van der Waals surface area contributed by atoms with E-state index in [1.165, 1.54) is 31.4 Å². The van der Waals surface area contributed by atoms with Crippen molar-refractivity contribution in [2.45, 2.75) is 52.0 Å². The maximum Gasteiger partial charge on any atom is 0.248 e. The Bertz CT molecular complexity index is 881. The molecule has 6 heteroatoms. The Kier molecular flexibility index (Phi) is 6.17. The minimum absolute atomic E-state index is 0.296. The van der Waals surface area contributed by atoms with Gasteiger partial charge < -0.3 is 10.2 Å². The number of aryl methyl sites for hydroxylation is 2. The third-order valence-corrected chi connectivity index (χ3v) is 5.68. The van der Waals surface area contributed by atoms with Crippen LogP contribution >= 0.6 is 0 Å². The molecule has 5 nitrogen and oxygen atoms in total. The molecular formula is C22H29FN4O. The van der Waals surface area contributed by atoms with Crippen molar-refractivity contribution in [3.63, 3.8) is 0 Å². The van der Waals surface area contributed by atoms with Crippen LogP contribution < -0.4 is 10.2 Å². The van der Waals surface area contributed by atoms with E-state index in [1.807, 2.05) is 32.8 Å². The Morgan fingerprint density at radius 3 is 2.61 bits per heavy atom. The summed E-state index contributed by atoms with van der Waals surface area (Å²) in [4.78, 5) is 14.3. The van der Waals surface area contributed by atoms with E-state index in [4.69, 9.17) is 0 Å². The first kappa shape index (κ1) is 20.1. The van der Waals surface area contributed by atoms with E-state index in [2.05, 4.69) is 10.4 Å². The van der Waals surface area contributed by atoms with Gasteiger partial charge in [0.15, 0.2) is 0 Å². The molecule has 0 atom stereocenters. The summed E-state index contributed by atoms with van der Waals surface area (Å²) in [5.41, 5.74) is 3.82. The van der Waals surface area contributed by atoms with Crippen LogP contribution in [0.4, 0.5) is 15.8 Å². The van der Waals surface area contributed by atoms with Crippen LogP contribution in [-0.4, -0.2) is 28.8 Å². The number of benzene rings is 1. The molecule has 1 aromatic heterocycles. The lowest BCUT2D eigenvalue weighted by Crippen LogP contribution is -2.33. The Labute approximate surface area is 166 Å². The number of halogens is 1. The van der Waals surface area contributed by atoms with Gasteiger partial charge in [0.2, 0.25) is 5.91 Å². The fourth-order valence-corrected chi connectivity index (χ4v) is 3.91. The highest BCUT2D eigenvalue weighted by Crippen LogP contribution is 2.29. The monoisotopic (exact) mass is 384 g/mol. The number of hydrogen-bond acceptors (Lipinski definition) is 3. The van der Waals surface area contributed by atoms with Crippen LogP contribution in [-0.2, 0) is 11.8 Å². The predicted octanol–water partition coefficient (Wildman–Crippen LogP) is 4.60. The van der Waals surface area contributed by atoms with Crippen LogP contribution in [0.3, 0.4) is 0 Å². The summed E-state index contributed by atoms with van der Waals surface area (Å²) < 4.78 is 16.4. The highest BCUT2D eigenvalue weighted by molar-refractivity contribution is 6.02. The highest BCUT2D eigenvalue weighted by atomic mass is 19.1. The first-order valence-corrected chi connectivity index (χ1v) is 9.88. The topological polar surface area (TPSA) is 50.2 Å². The number of carbonyl (C=O) groups excluding carboxylic acids is 1. The van der Waals surface area contributed by atoms with Gasteiger partial charge in [-0.2, -0.15) is 5.10 Å². The van der Waals surface area contributed by atoms with E-state index in [9.17, 15) is 9.18 Å². The van der Waals surface area contributed by atoms with Crippen LogP contribution in [0, 0.1) is 19.7 Å². The van der Waals surface area contributed by atoms with E-state index >= 15 is 0 Å². The number of nitrogens with one attached hydrogen (secondary N) is 1. The third kappa shape index (κ3) is 4.43. The molecular weight excluding hydrogens is 355 g/mol. The number of amides is 1. The summed E-state index contributed by atoms with van der Waals surface area (Å²) in [5, 5.41) is 7.06. The van der Waals surface area contributed by atoms with Crippen molar-refractivity contribution in [2.24, 2.45) is 7.05 Å². The van der Waals surface area contributed by atoms with E-state index in [1.54, 1.807) is 22.9 Å². The zero-order chi connectivity index (χ0) is 20.3. The second-order valence-corrected chi connectivity index (χ2v) is 7.60. The molecule has 1 saturated carbocycles. The number of rotatable bonds is 5. The van der Waals surface area contributed by atoms with E-state index in [0.29, 0.717) is 17.4 Å². The molecule has 1 heterocycles. The second kappa shape index (κ2) is 8.59. The predicted molar refractivity (Wildman–Crippen MR) is 112 cm³/mol. The van der Waals surface area contributed by atoms with Crippen molar-refractivity contribution in [3.8, 4) is 0 Å². The molecule has 1 amide bonds. The van der Waals surface area contributed by atoms with E-state index in [0.717, 1.165) is 29.8 Å². The SMILES string of the molecule is Cc1nn(C)c(C)c1C=CC(=O)Nc1ccc(N(C)C2CCCCC2)c(F)c1. The molecule has 150 valence electrons. The number of carbonyl (C=O) groups is 1. The average molecular weight is 384 g/mol. The molecule has 1 N–H and O–H groups in total. The van der Waals surface area contributed by atoms with Gasteiger partial charge in [0.05, 0.1) is 11.4 Å². The first-order valence-electron chi connectivity index (χ1n) is 9.88. The minimum atomic E-state index is -0.311. The molecule has 2 aromatic rings. The summed E-state index contributed by atoms with van der Waals surface area (Å²) in [6.07, 6.45) is 9.08. The van der Waals surface area contributed by atoms with Gasteiger partial charge in [0.1, 0.15) is 5.82 Å². The van der Waals surface area contributed by atoms with Crippen molar-refractivity contribution in [3.05, 3.63) is 47.0 Å². The number of anilines is 2. The molecule has 1 aromatic carbocycles. The van der Waals surface area contributed by atoms with E-state index in [-0.39, 0.29) is 11.7 Å². The maximum absolute atomic E-state index is 14.6. The molecule has 0 aliphatic heterocycles. The van der Waals surface area contributed by atoms with Gasteiger partial charge in [-0.05, 0) is 51.0 Å². The van der Waals surface area contributed by atoms with Crippen molar-refractivity contribution < 1.29 is 9.18 Å². The molecule has 3 rings (SSSR count). The lowest BCUT2D eigenvalue weighted by molar-refractivity contribution is -0.111. The quantitative estimate of drug-likeness (QED) is 0.767. The summed E-state index contributed by atoms with van der Waals surface area (Å²) in [6, 6.07) is 5.28. The fraction of sp³-hybridized carbons (Fsp3) is 0.455. The van der Waals surface area contributed by atoms with Gasteiger partial charge in [-0.15, -0.1) is 0 Å². The van der Waals surface area contributed by atoms with Crippen molar-refractivity contribution >= 4 is 23.4 Å². The fourth-order valence-electron chi connectivity index (χ4n) is 3.91. The lowest BCUT2D eigenvalue weighted by atomic mass is 9.94. The highest BCUT2D eigenvalue weighted by Gasteiger charge is 2.20. The Hall–Kier alpha value is -2.63. The largest absolute Gasteiger partial charge is 0.369 e. The van der Waals surface area contributed by atoms with Crippen molar-refractivity contribution in [1.82, 2.24) is 9.78 Å². The summed E-state index contributed by atoms with van der Waals surface area (Å²) in [7, 11) is 3.82.